The Morgan fingerprint density at radius 3 is 2.90 bits per heavy atom. The monoisotopic (exact) mass is 295 g/mol. The summed E-state index contributed by atoms with van der Waals surface area (Å²) in [5.74, 6) is 0.334. The third kappa shape index (κ3) is 3.41. The minimum atomic E-state index is 0.144. The van der Waals surface area contributed by atoms with E-state index in [1.807, 2.05) is 0 Å². The zero-order valence-electron chi connectivity index (χ0n) is 13.0. The van der Waals surface area contributed by atoms with E-state index in [0.29, 0.717) is 19.1 Å². The number of carbonyl (C=O) groups excluding carboxylic acids is 1. The van der Waals surface area contributed by atoms with Gasteiger partial charge in [-0.05, 0) is 51.5 Å². The van der Waals surface area contributed by atoms with Crippen molar-refractivity contribution in [2.24, 2.45) is 11.7 Å². The van der Waals surface area contributed by atoms with Crippen molar-refractivity contribution in [3.8, 4) is 0 Å². The van der Waals surface area contributed by atoms with Gasteiger partial charge in [-0.3, -0.25) is 9.69 Å². The molecule has 1 spiro atoms. The Morgan fingerprint density at radius 1 is 1.33 bits per heavy atom. The largest absolute Gasteiger partial charge is 0.375 e. The molecule has 120 valence electrons. The van der Waals surface area contributed by atoms with Gasteiger partial charge in [0.15, 0.2) is 0 Å². The van der Waals surface area contributed by atoms with Crippen LogP contribution in [0.2, 0.25) is 0 Å². The number of nitrogens with zero attached hydrogens (tertiary/aromatic N) is 1. The molecular formula is C16H29N3O2. The summed E-state index contributed by atoms with van der Waals surface area (Å²) in [4.78, 5) is 14.7. The minimum absolute atomic E-state index is 0.144. The molecule has 1 saturated carbocycles. The fraction of sp³-hybridized carbons (Fsp3) is 0.938. The van der Waals surface area contributed by atoms with Gasteiger partial charge in [0.05, 0.1) is 11.5 Å². The number of likely N-dealkylation sites (tertiary alicyclic amines) is 1. The number of hydrogen-bond donors (Lipinski definition) is 2. The van der Waals surface area contributed by atoms with Crippen LogP contribution in [0.4, 0.5) is 0 Å². The molecule has 2 saturated heterocycles. The Morgan fingerprint density at radius 2 is 2.19 bits per heavy atom. The quantitative estimate of drug-likeness (QED) is 0.808. The molecule has 21 heavy (non-hydrogen) atoms. The summed E-state index contributed by atoms with van der Waals surface area (Å²) in [6, 6.07) is 0.615. The van der Waals surface area contributed by atoms with Crippen molar-refractivity contribution in [3.63, 3.8) is 0 Å². The van der Waals surface area contributed by atoms with Gasteiger partial charge in [0, 0.05) is 32.3 Å². The lowest BCUT2D eigenvalue weighted by molar-refractivity contribution is -0.152. The first-order valence-electron chi connectivity index (χ1n) is 8.58. The van der Waals surface area contributed by atoms with Gasteiger partial charge in [-0.25, -0.2) is 0 Å². The Bertz CT molecular complexity index is 371. The molecule has 2 aliphatic heterocycles. The van der Waals surface area contributed by atoms with Crippen LogP contribution in [0, 0.1) is 5.92 Å². The molecule has 2 heterocycles. The van der Waals surface area contributed by atoms with Crippen LogP contribution >= 0.6 is 0 Å². The maximum Gasteiger partial charge on any atom is 0.224 e. The first kappa shape index (κ1) is 15.3. The van der Waals surface area contributed by atoms with Crippen molar-refractivity contribution in [1.29, 1.82) is 0 Å². The van der Waals surface area contributed by atoms with E-state index in [1.54, 1.807) is 0 Å². The molecule has 0 radical (unpaired) electrons. The van der Waals surface area contributed by atoms with Crippen LogP contribution in [0.25, 0.3) is 0 Å². The smallest absolute Gasteiger partial charge is 0.224 e. The predicted octanol–water partition coefficient (Wildman–Crippen LogP) is 0.875. The second kappa shape index (κ2) is 6.63. The highest BCUT2D eigenvalue weighted by Crippen LogP contribution is 2.43. The maximum atomic E-state index is 12.2. The third-order valence-corrected chi connectivity index (χ3v) is 5.52. The highest BCUT2D eigenvalue weighted by molar-refractivity contribution is 5.78. The number of carbonyl (C=O) groups is 1. The van der Waals surface area contributed by atoms with Crippen molar-refractivity contribution >= 4 is 5.91 Å². The number of nitrogens with one attached hydrogen (secondary N) is 1. The molecule has 3 aliphatic rings. The highest BCUT2D eigenvalue weighted by atomic mass is 16.5. The lowest BCUT2D eigenvalue weighted by Crippen LogP contribution is -2.55. The number of piperidine rings is 1. The van der Waals surface area contributed by atoms with E-state index in [9.17, 15) is 4.79 Å². The lowest BCUT2D eigenvalue weighted by atomic mass is 9.73. The Kier molecular flexibility index (Phi) is 4.82. The van der Waals surface area contributed by atoms with Crippen LogP contribution in [0.1, 0.15) is 44.9 Å². The van der Waals surface area contributed by atoms with Gasteiger partial charge in [-0.15, -0.1) is 0 Å². The molecule has 2 unspecified atom stereocenters. The molecule has 1 amide bonds. The number of amides is 1. The molecule has 0 bridgehead atoms. The van der Waals surface area contributed by atoms with E-state index in [2.05, 4.69) is 10.2 Å². The van der Waals surface area contributed by atoms with Gasteiger partial charge < -0.3 is 15.8 Å². The zero-order valence-corrected chi connectivity index (χ0v) is 13.0. The fourth-order valence-electron chi connectivity index (χ4n) is 4.12. The van der Waals surface area contributed by atoms with E-state index in [1.165, 1.54) is 25.7 Å². The molecule has 5 nitrogen and oxygen atoms in total. The second-order valence-electron chi connectivity index (χ2n) is 6.95. The normalized spacial score (nSPS) is 32.6. The van der Waals surface area contributed by atoms with Gasteiger partial charge in [-0.1, -0.05) is 0 Å². The lowest BCUT2D eigenvalue weighted by Gasteiger charge is -2.50. The topological polar surface area (TPSA) is 67.6 Å². The van der Waals surface area contributed by atoms with Crippen LogP contribution in [-0.2, 0) is 9.53 Å². The van der Waals surface area contributed by atoms with Crippen molar-refractivity contribution < 1.29 is 9.53 Å². The van der Waals surface area contributed by atoms with Gasteiger partial charge in [0.25, 0.3) is 0 Å². The van der Waals surface area contributed by atoms with E-state index < -0.39 is 0 Å². The van der Waals surface area contributed by atoms with Crippen molar-refractivity contribution in [2.75, 3.05) is 32.8 Å². The summed E-state index contributed by atoms with van der Waals surface area (Å²) in [7, 11) is 0. The van der Waals surface area contributed by atoms with Crippen LogP contribution in [0.3, 0.4) is 0 Å². The molecule has 3 fully saturated rings. The molecule has 3 N–H and O–H groups in total. The average Bonchev–Trinajstić information content (AvgIpc) is 2.51. The summed E-state index contributed by atoms with van der Waals surface area (Å²) in [5.41, 5.74) is 5.66. The Labute approximate surface area is 127 Å². The van der Waals surface area contributed by atoms with Crippen LogP contribution in [0.15, 0.2) is 0 Å². The molecule has 2 atom stereocenters. The van der Waals surface area contributed by atoms with Crippen molar-refractivity contribution in [2.45, 2.75) is 56.6 Å². The van der Waals surface area contributed by atoms with E-state index in [4.69, 9.17) is 10.5 Å². The van der Waals surface area contributed by atoms with Crippen molar-refractivity contribution in [1.82, 2.24) is 10.2 Å². The van der Waals surface area contributed by atoms with Crippen LogP contribution in [0.5, 0.6) is 0 Å². The standard InChI is InChI=1S/C16H29N3O2/c17-7-8-18-15(20)13-3-1-9-19(12-13)14-4-10-21-16(11-14)5-2-6-16/h13-14H,1-12,17H2,(H,18,20). The molecule has 0 aromatic heterocycles. The Hall–Kier alpha value is -0.650. The van der Waals surface area contributed by atoms with Gasteiger partial charge in [0.1, 0.15) is 0 Å². The van der Waals surface area contributed by atoms with Crippen LogP contribution < -0.4 is 11.1 Å². The number of hydrogen-bond acceptors (Lipinski definition) is 4. The Balaban J connectivity index is 1.54. The first-order chi connectivity index (χ1) is 10.2. The molecule has 0 aromatic rings. The maximum absolute atomic E-state index is 12.2. The molecule has 5 heteroatoms. The summed E-state index contributed by atoms with van der Waals surface area (Å²) in [6.45, 7) is 4.06. The molecule has 1 aliphatic carbocycles. The van der Waals surface area contributed by atoms with Gasteiger partial charge in [0.2, 0.25) is 5.91 Å². The highest BCUT2D eigenvalue weighted by Gasteiger charge is 2.44. The predicted molar refractivity (Wildman–Crippen MR) is 81.9 cm³/mol. The van der Waals surface area contributed by atoms with E-state index in [-0.39, 0.29) is 17.4 Å². The van der Waals surface area contributed by atoms with E-state index in [0.717, 1.165) is 39.0 Å². The average molecular weight is 295 g/mol. The zero-order chi connectivity index (χ0) is 14.7. The first-order valence-corrected chi connectivity index (χ1v) is 8.58. The number of ether oxygens (including phenoxy) is 1. The summed E-state index contributed by atoms with van der Waals surface area (Å²) in [5, 5.41) is 2.95. The second-order valence-corrected chi connectivity index (χ2v) is 6.95. The summed E-state index contributed by atoms with van der Waals surface area (Å²) >= 11 is 0. The van der Waals surface area contributed by atoms with E-state index >= 15 is 0 Å². The van der Waals surface area contributed by atoms with Crippen LogP contribution in [-0.4, -0.2) is 55.2 Å². The minimum Gasteiger partial charge on any atom is -0.375 e. The fourth-order valence-corrected chi connectivity index (χ4v) is 4.12. The van der Waals surface area contributed by atoms with Gasteiger partial charge >= 0.3 is 0 Å². The SMILES string of the molecule is NCCNC(=O)C1CCCN(C2CCOC3(CCC3)C2)C1. The summed E-state index contributed by atoms with van der Waals surface area (Å²) < 4.78 is 6.03. The molecule has 3 rings (SSSR count). The summed E-state index contributed by atoms with van der Waals surface area (Å²) in [6.07, 6.45) is 8.22. The van der Waals surface area contributed by atoms with Crippen molar-refractivity contribution in [3.05, 3.63) is 0 Å². The van der Waals surface area contributed by atoms with Gasteiger partial charge in [-0.2, -0.15) is 0 Å². The molecular weight excluding hydrogens is 266 g/mol. The molecule has 0 aromatic carbocycles. The number of nitrogens with two attached hydrogens (primary N) is 1. The third-order valence-electron chi connectivity index (χ3n) is 5.52. The number of rotatable bonds is 4.